The SMILES string of the molecule is CN1CCC(NCC(c2ccccc2)c2ccccc2)CC1. The number of nitrogens with zero attached hydrogens (tertiary/aromatic N) is 1. The minimum atomic E-state index is 0.432. The highest BCUT2D eigenvalue weighted by Crippen LogP contribution is 2.24. The number of likely N-dealkylation sites (tertiary alicyclic amines) is 1. The first-order chi connectivity index (χ1) is 10.8. The van der Waals surface area contributed by atoms with Crippen LogP contribution in [0, 0.1) is 0 Å². The molecule has 116 valence electrons. The van der Waals surface area contributed by atoms with Crippen LogP contribution in [0.2, 0.25) is 0 Å². The van der Waals surface area contributed by atoms with Crippen molar-refractivity contribution in [2.24, 2.45) is 0 Å². The van der Waals surface area contributed by atoms with E-state index in [9.17, 15) is 0 Å². The van der Waals surface area contributed by atoms with E-state index in [0.717, 1.165) is 6.54 Å². The Morgan fingerprint density at radius 1 is 0.909 bits per heavy atom. The van der Waals surface area contributed by atoms with Gasteiger partial charge in [-0.3, -0.25) is 0 Å². The summed E-state index contributed by atoms with van der Waals surface area (Å²) in [6, 6.07) is 22.4. The summed E-state index contributed by atoms with van der Waals surface area (Å²) in [6.07, 6.45) is 2.51. The first-order valence-electron chi connectivity index (χ1n) is 8.35. The van der Waals surface area contributed by atoms with Crippen molar-refractivity contribution in [3.63, 3.8) is 0 Å². The van der Waals surface area contributed by atoms with Gasteiger partial charge in [0.1, 0.15) is 0 Å². The Morgan fingerprint density at radius 3 is 1.91 bits per heavy atom. The Kier molecular flexibility index (Phi) is 5.25. The van der Waals surface area contributed by atoms with Gasteiger partial charge in [-0.15, -0.1) is 0 Å². The molecule has 0 radical (unpaired) electrons. The van der Waals surface area contributed by atoms with Crippen LogP contribution in [0.3, 0.4) is 0 Å². The predicted octanol–water partition coefficient (Wildman–Crippen LogP) is 3.50. The molecule has 0 atom stereocenters. The third kappa shape index (κ3) is 3.96. The van der Waals surface area contributed by atoms with E-state index < -0.39 is 0 Å². The molecule has 22 heavy (non-hydrogen) atoms. The van der Waals surface area contributed by atoms with Crippen LogP contribution < -0.4 is 5.32 Å². The molecule has 2 nitrogen and oxygen atoms in total. The van der Waals surface area contributed by atoms with E-state index in [4.69, 9.17) is 0 Å². The van der Waals surface area contributed by atoms with Crippen molar-refractivity contribution < 1.29 is 0 Å². The maximum Gasteiger partial charge on any atom is 0.0214 e. The van der Waals surface area contributed by atoms with Gasteiger partial charge in [-0.25, -0.2) is 0 Å². The quantitative estimate of drug-likeness (QED) is 0.908. The zero-order valence-corrected chi connectivity index (χ0v) is 13.4. The summed E-state index contributed by atoms with van der Waals surface area (Å²) in [5, 5.41) is 3.81. The van der Waals surface area contributed by atoms with E-state index in [1.165, 1.54) is 37.1 Å². The molecular formula is C20H26N2. The van der Waals surface area contributed by atoms with Crippen molar-refractivity contribution in [1.82, 2.24) is 10.2 Å². The summed E-state index contributed by atoms with van der Waals surface area (Å²) in [5.41, 5.74) is 2.79. The van der Waals surface area contributed by atoms with Crippen LogP contribution in [0.4, 0.5) is 0 Å². The van der Waals surface area contributed by atoms with Crippen LogP contribution >= 0.6 is 0 Å². The Morgan fingerprint density at radius 2 is 1.41 bits per heavy atom. The van der Waals surface area contributed by atoms with Gasteiger partial charge in [0.15, 0.2) is 0 Å². The number of nitrogens with one attached hydrogen (secondary N) is 1. The number of hydrogen-bond donors (Lipinski definition) is 1. The average molecular weight is 294 g/mol. The normalized spacial score (nSPS) is 17.0. The first-order valence-corrected chi connectivity index (χ1v) is 8.35. The molecule has 1 N–H and O–H groups in total. The molecule has 0 unspecified atom stereocenters. The fourth-order valence-corrected chi connectivity index (χ4v) is 3.30. The van der Waals surface area contributed by atoms with Crippen LogP contribution in [-0.2, 0) is 0 Å². The number of piperidine rings is 1. The van der Waals surface area contributed by atoms with Crippen LogP contribution in [0.15, 0.2) is 60.7 Å². The number of rotatable bonds is 5. The lowest BCUT2D eigenvalue weighted by atomic mass is 9.90. The molecule has 0 bridgehead atoms. The van der Waals surface area contributed by atoms with Crippen molar-refractivity contribution in [2.45, 2.75) is 24.8 Å². The molecule has 1 saturated heterocycles. The molecule has 2 heteroatoms. The van der Waals surface area contributed by atoms with Gasteiger partial charge in [-0.05, 0) is 44.1 Å². The van der Waals surface area contributed by atoms with Crippen LogP contribution in [0.25, 0.3) is 0 Å². The Balaban J connectivity index is 1.70. The molecule has 1 aliphatic heterocycles. The van der Waals surface area contributed by atoms with Gasteiger partial charge in [0.25, 0.3) is 0 Å². The predicted molar refractivity (Wildman–Crippen MR) is 93.2 cm³/mol. The van der Waals surface area contributed by atoms with Gasteiger partial charge in [0, 0.05) is 18.5 Å². The van der Waals surface area contributed by atoms with Gasteiger partial charge in [0.05, 0.1) is 0 Å². The molecule has 0 saturated carbocycles. The van der Waals surface area contributed by atoms with Crippen molar-refractivity contribution in [2.75, 3.05) is 26.7 Å². The zero-order chi connectivity index (χ0) is 15.2. The molecule has 1 fully saturated rings. The lowest BCUT2D eigenvalue weighted by Gasteiger charge is -2.31. The summed E-state index contributed by atoms with van der Waals surface area (Å²) in [4.78, 5) is 2.42. The second kappa shape index (κ2) is 7.57. The van der Waals surface area contributed by atoms with E-state index in [0.29, 0.717) is 12.0 Å². The summed E-state index contributed by atoms with van der Waals surface area (Å²) in [6.45, 7) is 3.43. The Labute approximate surface area is 134 Å². The van der Waals surface area contributed by atoms with Crippen LogP contribution in [0.1, 0.15) is 29.9 Å². The standard InChI is InChI=1S/C20H26N2/c1-22-14-12-19(13-15-22)21-16-20(17-8-4-2-5-9-17)18-10-6-3-7-11-18/h2-11,19-21H,12-16H2,1H3. The van der Waals surface area contributed by atoms with E-state index in [-0.39, 0.29) is 0 Å². The maximum atomic E-state index is 3.81. The highest BCUT2D eigenvalue weighted by atomic mass is 15.1. The molecule has 0 amide bonds. The third-order valence-corrected chi connectivity index (χ3v) is 4.73. The average Bonchev–Trinajstić information content (AvgIpc) is 2.59. The third-order valence-electron chi connectivity index (χ3n) is 4.73. The monoisotopic (exact) mass is 294 g/mol. The molecule has 0 spiro atoms. The van der Waals surface area contributed by atoms with E-state index in [1.54, 1.807) is 0 Å². The lowest BCUT2D eigenvalue weighted by Crippen LogP contribution is -2.42. The fraction of sp³-hybridized carbons (Fsp3) is 0.400. The van der Waals surface area contributed by atoms with Gasteiger partial charge in [-0.1, -0.05) is 60.7 Å². The maximum absolute atomic E-state index is 3.81. The number of hydrogen-bond acceptors (Lipinski definition) is 2. The molecule has 1 heterocycles. The van der Waals surface area contributed by atoms with E-state index in [2.05, 4.69) is 77.9 Å². The highest BCUT2D eigenvalue weighted by Gasteiger charge is 2.19. The van der Waals surface area contributed by atoms with Gasteiger partial charge < -0.3 is 10.2 Å². The lowest BCUT2D eigenvalue weighted by molar-refractivity contribution is 0.234. The Hall–Kier alpha value is -1.64. The molecule has 0 aromatic heterocycles. The second-order valence-corrected chi connectivity index (χ2v) is 6.36. The van der Waals surface area contributed by atoms with E-state index in [1.807, 2.05) is 0 Å². The van der Waals surface area contributed by atoms with Gasteiger partial charge in [0.2, 0.25) is 0 Å². The van der Waals surface area contributed by atoms with Crippen molar-refractivity contribution in [3.05, 3.63) is 71.8 Å². The molecule has 2 aromatic carbocycles. The van der Waals surface area contributed by atoms with Crippen molar-refractivity contribution >= 4 is 0 Å². The zero-order valence-electron chi connectivity index (χ0n) is 13.4. The molecular weight excluding hydrogens is 268 g/mol. The number of benzene rings is 2. The topological polar surface area (TPSA) is 15.3 Å². The fourth-order valence-electron chi connectivity index (χ4n) is 3.30. The minimum absolute atomic E-state index is 0.432. The van der Waals surface area contributed by atoms with Gasteiger partial charge in [-0.2, -0.15) is 0 Å². The molecule has 2 aromatic rings. The highest BCUT2D eigenvalue weighted by molar-refractivity contribution is 5.32. The van der Waals surface area contributed by atoms with Crippen molar-refractivity contribution in [3.8, 4) is 0 Å². The largest absolute Gasteiger partial charge is 0.313 e. The summed E-state index contributed by atoms with van der Waals surface area (Å²) in [7, 11) is 2.22. The summed E-state index contributed by atoms with van der Waals surface area (Å²) >= 11 is 0. The van der Waals surface area contributed by atoms with Crippen LogP contribution in [0.5, 0.6) is 0 Å². The van der Waals surface area contributed by atoms with E-state index >= 15 is 0 Å². The first kappa shape index (κ1) is 15.3. The Bertz CT molecular complexity index is 505. The molecule has 1 aliphatic rings. The summed E-state index contributed by atoms with van der Waals surface area (Å²) in [5.74, 6) is 0.432. The summed E-state index contributed by atoms with van der Waals surface area (Å²) < 4.78 is 0. The molecule has 3 rings (SSSR count). The minimum Gasteiger partial charge on any atom is -0.313 e. The van der Waals surface area contributed by atoms with Crippen LogP contribution in [-0.4, -0.2) is 37.6 Å². The molecule has 0 aliphatic carbocycles. The smallest absolute Gasteiger partial charge is 0.0214 e. The second-order valence-electron chi connectivity index (χ2n) is 6.36. The van der Waals surface area contributed by atoms with Crippen molar-refractivity contribution in [1.29, 1.82) is 0 Å². The van der Waals surface area contributed by atoms with Gasteiger partial charge >= 0.3 is 0 Å².